The molecule has 0 aliphatic rings. The van der Waals surface area contributed by atoms with Crippen molar-refractivity contribution < 1.29 is 29.1 Å². The second-order valence-electron chi connectivity index (χ2n) is 8.72. The van der Waals surface area contributed by atoms with Gasteiger partial charge in [-0.05, 0) is 33.9 Å². The maximum atomic E-state index is 13.1. The number of nitrogens with one attached hydrogen (secondary N) is 3. The van der Waals surface area contributed by atoms with Crippen LogP contribution in [-0.2, 0) is 24.0 Å². The Balaban J connectivity index is 4.90. The summed E-state index contributed by atoms with van der Waals surface area (Å²) in [7, 11) is 9.19. The van der Waals surface area contributed by atoms with E-state index in [0.29, 0.717) is 42.3 Å². The SMILES string of the molecule is CCC[C@H](NC(=O)[C@H](CSSC[C@H](NC)C(=O)S)NC)C(=O)C[C@@H](CSSC[C@H](CC)C(=O)CO)C(C)=O. The molecule has 0 unspecified atom stereocenters. The summed E-state index contributed by atoms with van der Waals surface area (Å²) in [6.07, 6.45) is 1.85. The Bertz CT molecular complexity index is 761. The average molecular weight is 630 g/mol. The first kappa shape index (κ1) is 37.8. The highest BCUT2D eigenvalue weighted by Crippen LogP contribution is 2.29. The van der Waals surface area contributed by atoms with Crippen LogP contribution < -0.4 is 16.0 Å². The van der Waals surface area contributed by atoms with Gasteiger partial charge in [0.05, 0.1) is 18.1 Å². The number of aliphatic hydroxyl groups is 1. The van der Waals surface area contributed by atoms with Crippen molar-refractivity contribution in [2.75, 3.05) is 43.7 Å². The van der Waals surface area contributed by atoms with Gasteiger partial charge in [-0.3, -0.25) is 24.0 Å². The van der Waals surface area contributed by atoms with E-state index in [1.807, 2.05) is 13.8 Å². The Labute approximate surface area is 248 Å². The van der Waals surface area contributed by atoms with Gasteiger partial charge in [0.15, 0.2) is 11.6 Å². The van der Waals surface area contributed by atoms with E-state index in [4.69, 9.17) is 5.11 Å². The van der Waals surface area contributed by atoms with Gasteiger partial charge in [-0.2, -0.15) is 0 Å². The van der Waals surface area contributed by atoms with Crippen LogP contribution in [0.15, 0.2) is 0 Å². The van der Waals surface area contributed by atoms with Gasteiger partial charge in [-0.15, -0.1) is 12.6 Å². The Morgan fingerprint density at radius 2 is 1.32 bits per heavy atom. The molecular formula is C24H43N3O6S5. The molecule has 0 rings (SSSR count). The molecule has 0 bridgehead atoms. The fourth-order valence-electron chi connectivity index (χ4n) is 3.21. The molecule has 0 aliphatic carbocycles. The van der Waals surface area contributed by atoms with Crippen LogP contribution in [0.4, 0.5) is 0 Å². The number of amides is 1. The fraction of sp³-hybridized carbons (Fsp3) is 0.792. The van der Waals surface area contributed by atoms with E-state index < -0.39 is 24.6 Å². The zero-order chi connectivity index (χ0) is 29.1. The number of aliphatic hydroxyl groups excluding tert-OH is 1. The summed E-state index contributed by atoms with van der Waals surface area (Å²) in [5.74, 6) is 0.471. The lowest BCUT2D eigenvalue weighted by atomic mass is 9.95. The third-order valence-electron chi connectivity index (χ3n) is 5.90. The summed E-state index contributed by atoms with van der Waals surface area (Å²) in [5.41, 5.74) is 0. The number of carbonyl (C=O) groups is 5. The summed E-state index contributed by atoms with van der Waals surface area (Å²) < 4.78 is 0. The number of carbonyl (C=O) groups excluding carboxylic acids is 5. The Morgan fingerprint density at radius 3 is 1.76 bits per heavy atom. The highest BCUT2D eigenvalue weighted by Gasteiger charge is 2.28. The molecule has 0 fully saturated rings. The molecule has 0 saturated carbocycles. The highest BCUT2D eigenvalue weighted by molar-refractivity contribution is 8.77. The third-order valence-corrected chi connectivity index (χ3v) is 11.2. The van der Waals surface area contributed by atoms with Crippen LogP contribution in [0.25, 0.3) is 0 Å². The van der Waals surface area contributed by atoms with E-state index in [9.17, 15) is 24.0 Å². The lowest BCUT2D eigenvalue weighted by Crippen LogP contribution is -2.50. The van der Waals surface area contributed by atoms with E-state index >= 15 is 0 Å². The van der Waals surface area contributed by atoms with Crippen LogP contribution in [0.1, 0.15) is 46.5 Å². The lowest BCUT2D eigenvalue weighted by Gasteiger charge is -2.23. The van der Waals surface area contributed by atoms with E-state index in [-0.39, 0.29) is 46.8 Å². The number of hydrogen-bond donors (Lipinski definition) is 5. The van der Waals surface area contributed by atoms with Crippen molar-refractivity contribution in [1.29, 1.82) is 0 Å². The van der Waals surface area contributed by atoms with Gasteiger partial charge in [0.2, 0.25) is 11.0 Å². The Kier molecular flexibility index (Phi) is 22.3. The smallest absolute Gasteiger partial charge is 0.238 e. The number of likely N-dealkylation sites (N-methyl/N-ethyl adjacent to an activating group) is 2. The Hall–Kier alpha value is -0.220. The molecule has 0 aromatic heterocycles. The van der Waals surface area contributed by atoms with E-state index in [1.165, 1.54) is 50.1 Å². The molecule has 1 amide bonds. The first-order chi connectivity index (χ1) is 18.1. The molecule has 0 heterocycles. The van der Waals surface area contributed by atoms with Crippen molar-refractivity contribution in [3.05, 3.63) is 0 Å². The maximum Gasteiger partial charge on any atom is 0.238 e. The van der Waals surface area contributed by atoms with Gasteiger partial charge in [0, 0.05) is 41.3 Å². The number of thiol groups is 1. The fourth-order valence-corrected chi connectivity index (χ4v) is 8.90. The molecule has 0 aromatic carbocycles. The van der Waals surface area contributed by atoms with Gasteiger partial charge in [-0.1, -0.05) is 63.4 Å². The molecule has 0 aromatic rings. The van der Waals surface area contributed by atoms with Crippen LogP contribution >= 0.6 is 55.8 Å². The molecule has 0 aliphatic heterocycles. The van der Waals surface area contributed by atoms with Crippen LogP contribution in [0.2, 0.25) is 0 Å². The minimum Gasteiger partial charge on any atom is -0.389 e. The summed E-state index contributed by atoms with van der Waals surface area (Å²) in [6.45, 7) is 4.82. The molecule has 38 heavy (non-hydrogen) atoms. The monoisotopic (exact) mass is 629 g/mol. The third kappa shape index (κ3) is 15.5. The van der Waals surface area contributed by atoms with Crippen LogP contribution in [0.3, 0.4) is 0 Å². The van der Waals surface area contributed by atoms with Gasteiger partial charge < -0.3 is 21.1 Å². The van der Waals surface area contributed by atoms with Crippen molar-refractivity contribution in [2.45, 2.75) is 64.6 Å². The second kappa shape index (κ2) is 22.5. The van der Waals surface area contributed by atoms with Crippen LogP contribution in [0, 0.1) is 11.8 Å². The minimum absolute atomic E-state index is 0.0403. The van der Waals surface area contributed by atoms with E-state index in [1.54, 1.807) is 14.1 Å². The highest BCUT2D eigenvalue weighted by atomic mass is 33.1. The molecule has 0 spiro atoms. The summed E-state index contributed by atoms with van der Waals surface area (Å²) in [6, 6.07) is -1.57. The molecule has 4 N–H and O–H groups in total. The van der Waals surface area contributed by atoms with Crippen LogP contribution in [-0.4, -0.2) is 95.3 Å². The summed E-state index contributed by atoms with van der Waals surface area (Å²) in [4.78, 5) is 61.4. The topological polar surface area (TPSA) is 142 Å². The van der Waals surface area contributed by atoms with Crippen molar-refractivity contribution >= 4 is 84.2 Å². The van der Waals surface area contributed by atoms with E-state index in [0.717, 1.165) is 0 Å². The van der Waals surface area contributed by atoms with Crippen LogP contribution in [0.5, 0.6) is 0 Å². The lowest BCUT2D eigenvalue weighted by molar-refractivity contribution is -0.130. The zero-order valence-corrected chi connectivity index (χ0v) is 27.0. The average Bonchev–Trinajstić information content (AvgIpc) is 2.88. The van der Waals surface area contributed by atoms with Crippen molar-refractivity contribution in [2.24, 2.45) is 11.8 Å². The van der Waals surface area contributed by atoms with Crippen molar-refractivity contribution in [1.82, 2.24) is 16.0 Å². The van der Waals surface area contributed by atoms with Gasteiger partial charge >= 0.3 is 0 Å². The maximum absolute atomic E-state index is 13.1. The largest absolute Gasteiger partial charge is 0.389 e. The first-order valence-electron chi connectivity index (χ1n) is 12.6. The number of Topliss-reactive ketones (excluding diaryl/α,β-unsaturated/α-hetero) is 3. The summed E-state index contributed by atoms with van der Waals surface area (Å²) >= 11 is 3.85. The van der Waals surface area contributed by atoms with Crippen molar-refractivity contribution in [3.8, 4) is 0 Å². The first-order valence-corrected chi connectivity index (χ1v) is 18.0. The minimum atomic E-state index is -0.678. The molecule has 9 nitrogen and oxygen atoms in total. The molecule has 0 radical (unpaired) electrons. The molecule has 0 saturated heterocycles. The predicted octanol–water partition coefficient (Wildman–Crippen LogP) is 2.42. The molecule has 220 valence electrons. The van der Waals surface area contributed by atoms with Gasteiger partial charge in [0.25, 0.3) is 0 Å². The molecule has 14 heteroatoms. The number of rotatable bonds is 24. The van der Waals surface area contributed by atoms with Gasteiger partial charge in [0.1, 0.15) is 12.4 Å². The second-order valence-corrected chi connectivity index (χ2v) is 14.3. The Morgan fingerprint density at radius 1 is 0.789 bits per heavy atom. The number of hydrogen-bond acceptors (Lipinski definition) is 12. The zero-order valence-electron chi connectivity index (χ0n) is 22.8. The van der Waals surface area contributed by atoms with Crippen molar-refractivity contribution in [3.63, 3.8) is 0 Å². The van der Waals surface area contributed by atoms with Gasteiger partial charge in [-0.25, -0.2) is 0 Å². The standard InChI is InChI=1S/C24H43N3O6S5/c1-6-8-18(27-23(32)19(25-4)13-37-38-14-20(26-5)24(33)34)21(30)9-17(15(3)29)12-36-35-11-16(7-2)22(31)10-28/h16-20,25-26,28H,6-14H2,1-5H3,(H,27,32)(H,33,34)/t16-,17-,18-,19-,20-/m0/s1. The molecule has 5 atom stereocenters. The predicted molar refractivity (Wildman–Crippen MR) is 166 cm³/mol. The quantitative estimate of drug-likeness (QED) is 0.0608. The normalized spacial score (nSPS) is 15.2. The number of ketones is 3. The summed E-state index contributed by atoms with van der Waals surface area (Å²) in [5, 5.41) is 17.6. The van der Waals surface area contributed by atoms with E-state index in [2.05, 4.69) is 28.6 Å². The molecular weight excluding hydrogens is 587 g/mol.